The van der Waals surface area contributed by atoms with E-state index in [0.29, 0.717) is 16.5 Å². The van der Waals surface area contributed by atoms with E-state index in [2.05, 4.69) is 0 Å². The number of nitriles is 1. The third-order valence-electron chi connectivity index (χ3n) is 4.47. The number of ether oxygens (including phenoxy) is 1. The van der Waals surface area contributed by atoms with Crippen molar-refractivity contribution in [3.8, 4) is 11.8 Å². The van der Waals surface area contributed by atoms with Gasteiger partial charge in [-0.25, -0.2) is 4.79 Å². The number of nitro benzene ring substituents is 1. The summed E-state index contributed by atoms with van der Waals surface area (Å²) in [5, 5.41) is 21.3. The van der Waals surface area contributed by atoms with Gasteiger partial charge in [-0.15, -0.1) is 0 Å². The molecule has 0 spiro atoms. The maximum absolute atomic E-state index is 12.7. The van der Waals surface area contributed by atoms with Gasteiger partial charge in [0, 0.05) is 6.07 Å². The molecule has 0 aliphatic carbocycles. The van der Waals surface area contributed by atoms with Gasteiger partial charge in [-0.2, -0.15) is 5.26 Å². The summed E-state index contributed by atoms with van der Waals surface area (Å²) in [5.74, 6) is -1.02. The zero-order valence-electron chi connectivity index (χ0n) is 14.0. The summed E-state index contributed by atoms with van der Waals surface area (Å²) in [4.78, 5) is 23.4. The first-order chi connectivity index (χ1) is 13.4. The van der Waals surface area contributed by atoms with Crippen molar-refractivity contribution >= 4 is 28.3 Å². The van der Waals surface area contributed by atoms with Gasteiger partial charge in [0.15, 0.2) is 5.75 Å². The van der Waals surface area contributed by atoms with Crippen LogP contribution in [0.5, 0.6) is 5.75 Å². The van der Waals surface area contributed by atoms with Gasteiger partial charge >= 0.3 is 5.63 Å². The largest absolute Gasteiger partial charge is 0.439 e. The van der Waals surface area contributed by atoms with Crippen LogP contribution in [0.2, 0.25) is 5.02 Å². The maximum Gasteiger partial charge on any atom is 0.344 e. The molecular weight excluding hydrogens is 386 g/mol. The van der Waals surface area contributed by atoms with Crippen LogP contribution in [0.15, 0.2) is 63.1 Å². The molecule has 0 bridgehead atoms. The maximum atomic E-state index is 12.7. The molecule has 9 heteroatoms. The molecule has 4 rings (SSSR count). The van der Waals surface area contributed by atoms with E-state index in [4.69, 9.17) is 26.5 Å². The summed E-state index contributed by atoms with van der Waals surface area (Å²) >= 11 is 5.89. The Morgan fingerprint density at radius 1 is 1.25 bits per heavy atom. The highest BCUT2D eigenvalue weighted by Gasteiger charge is 2.36. The summed E-state index contributed by atoms with van der Waals surface area (Å²) < 4.78 is 11.0. The number of halogens is 1. The van der Waals surface area contributed by atoms with Crippen LogP contribution in [0.25, 0.3) is 11.0 Å². The van der Waals surface area contributed by atoms with E-state index in [1.807, 2.05) is 6.07 Å². The quantitative estimate of drug-likeness (QED) is 0.398. The highest BCUT2D eigenvalue weighted by molar-refractivity contribution is 6.32. The number of hydrogen-bond acceptors (Lipinski definition) is 7. The minimum absolute atomic E-state index is 0.0427. The standard InChI is InChI=1S/C19H10ClN3O5/c20-12-6-5-9(7-13(12)23(25)26)15-11(8-21)18(22)28-17-10-3-1-2-4-14(10)27-19(24)16(15)17/h1-7,15H,22H2/t15-/m1/s1. The number of rotatable bonds is 2. The van der Waals surface area contributed by atoms with Crippen molar-refractivity contribution < 1.29 is 14.1 Å². The van der Waals surface area contributed by atoms with Crippen LogP contribution in [0.3, 0.4) is 0 Å². The lowest BCUT2D eigenvalue weighted by Gasteiger charge is -2.25. The highest BCUT2D eigenvalue weighted by Crippen LogP contribution is 2.44. The Balaban J connectivity index is 2.07. The molecule has 0 saturated carbocycles. The Bertz CT molecular complexity index is 1290. The van der Waals surface area contributed by atoms with E-state index in [-0.39, 0.29) is 33.5 Å². The van der Waals surface area contributed by atoms with E-state index in [1.54, 1.807) is 24.3 Å². The van der Waals surface area contributed by atoms with E-state index in [1.165, 1.54) is 18.2 Å². The SMILES string of the molecule is N#CC1=C(N)Oc2c(c(=O)oc3ccccc23)[C@@H]1c1ccc(Cl)c([N+](=O)[O-])c1. The summed E-state index contributed by atoms with van der Waals surface area (Å²) in [6.45, 7) is 0. The summed E-state index contributed by atoms with van der Waals surface area (Å²) in [6, 6.07) is 12.7. The lowest BCUT2D eigenvalue weighted by Crippen LogP contribution is -2.26. The van der Waals surface area contributed by atoms with Gasteiger partial charge in [0.25, 0.3) is 5.69 Å². The van der Waals surface area contributed by atoms with Crippen molar-refractivity contribution in [3.63, 3.8) is 0 Å². The molecule has 138 valence electrons. The molecule has 0 amide bonds. The molecule has 0 unspecified atom stereocenters. The Morgan fingerprint density at radius 2 is 2.00 bits per heavy atom. The molecular formula is C19H10ClN3O5. The molecule has 2 N–H and O–H groups in total. The van der Waals surface area contributed by atoms with Crippen molar-refractivity contribution in [2.75, 3.05) is 0 Å². The first-order valence-corrected chi connectivity index (χ1v) is 8.37. The molecule has 8 nitrogen and oxygen atoms in total. The number of nitrogens with zero attached hydrogens (tertiary/aromatic N) is 2. The lowest BCUT2D eigenvalue weighted by molar-refractivity contribution is -0.384. The second kappa shape index (κ2) is 6.40. The second-order valence-electron chi connectivity index (χ2n) is 6.02. The van der Waals surface area contributed by atoms with Gasteiger partial charge in [0.05, 0.1) is 21.8 Å². The first-order valence-electron chi connectivity index (χ1n) is 7.99. The Labute approximate surface area is 162 Å². The fraction of sp³-hybridized carbons (Fsp3) is 0.0526. The Morgan fingerprint density at radius 3 is 2.71 bits per heavy atom. The first kappa shape index (κ1) is 17.6. The zero-order valence-corrected chi connectivity index (χ0v) is 14.8. The average Bonchev–Trinajstić information content (AvgIpc) is 2.67. The van der Waals surface area contributed by atoms with Gasteiger partial charge in [-0.1, -0.05) is 29.8 Å². The molecule has 2 heterocycles. The third-order valence-corrected chi connectivity index (χ3v) is 4.79. The number of fused-ring (bicyclic) bond motifs is 3. The van der Waals surface area contributed by atoms with E-state index >= 15 is 0 Å². The highest BCUT2D eigenvalue weighted by atomic mass is 35.5. The van der Waals surface area contributed by atoms with E-state index in [0.717, 1.165) is 0 Å². The molecule has 1 aromatic heterocycles. The summed E-state index contributed by atoms with van der Waals surface area (Å²) in [5.41, 5.74) is 5.44. The molecule has 28 heavy (non-hydrogen) atoms. The minimum atomic E-state index is -0.995. The monoisotopic (exact) mass is 395 g/mol. The number of para-hydroxylation sites is 1. The summed E-state index contributed by atoms with van der Waals surface area (Å²) in [6.07, 6.45) is 0. The predicted octanol–water partition coefficient (Wildman–Crippen LogP) is 3.57. The average molecular weight is 396 g/mol. The number of allylic oxidation sites excluding steroid dienone is 1. The Hall–Kier alpha value is -3.83. The van der Waals surface area contributed by atoms with Crippen molar-refractivity contribution in [2.24, 2.45) is 5.73 Å². The van der Waals surface area contributed by atoms with Gasteiger partial charge in [-0.05, 0) is 23.8 Å². The molecule has 2 aromatic carbocycles. The predicted molar refractivity (Wildman–Crippen MR) is 99.9 cm³/mol. The van der Waals surface area contributed by atoms with Crippen LogP contribution in [0.1, 0.15) is 17.0 Å². The van der Waals surface area contributed by atoms with E-state index in [9.17, 15) is 20.2 Å². The number of hydrogen-bond donors (Lipinski definition) is 1. The Kier molecular flexibility index (Phi) is 4.02. The zero-order chi connectivity index (χ0) is 20.0. The van der Waals surface area contributed by atoms with Gasteiger partial charge in [0.1, 0.15) is 22.2 Å². The van der Waals surface area contributed by atoms with Crippen LogP contribution in [0, 0.1) is 21.4 Å². The topological polar surface area (TPSA) is 132 Å². The van der Waals surface area contributed by atoms with Crippen molar-refractivity contribution in [1.29, 1.82) is 5.26 Å². The molecule has 1 aliphatic rings. The molecule has 1 aliphatic heterocycles. The van der Waals surface area contributed by atoms with Gasteiger partial charge in [0.2, 0.25) is 5.88 Å². The number of benzene rings is 2. The number of nitrogens with two attached hydrogens (primary N) is 1. The van der Waals surface area contributed by atoms with Crippen molar-refractivity contribution in [3.05, 3.63) is 90.6 Å². The minimum Gasteiger partial charge on any atom is -0.439 e. The van der Waals surface area contributed by atoms with E-state index < -0.39 is 16.5 Å². The summed E-state index contributed by atoms with van der Waals surface area (Å²) in [7, 11) is 0. The van der Waals surface area contributed by atoms with Crippen LogP contribution < -0.4 is 16.1 Å². The van der Waals surface area contributed by atoms with Gasteiger partial charge < -0.3 is 14.9 Å². The fourth-order valence-electron chi connectivity index (χ4n) is 3.25. The van der Waals surface area contributed by atoms with Crippen molar-refractivity contribution in [1.82, 2.24) is 0 Å². The normalized spacial score (nSPS) is 15.6. The van der Waals surface area contributed by atoms with Crippen LogP contribution >= 0.6 is 11.6 Å². The second-order valence-corrected chi connectivity index (χ2v) is 6.43. The molecule has 0 radical (unpaired) electrons. The van der Waals surface area contributed by atoms with Crippen LogP contribution in [-0.4, -0.2) is 4.92 Å². The lowest BCUT2D eigenvalue weighted by atomic mass is 9.83. The molecule has 1 atom stereocenters. The molecule has 0 fully saturated rings. The molecule has 0 saturated heterocycles. The van der Waals surface area contributed by atoms with Crippen molar-refractivity contribution in [2.45, 2.75) is 5.92 Å². The number of nitro groups is 1. The molecule has 3 aromatic rings. The van der Waals surface area contributed by atoms with Crippen LogP contribution in [0.4, 0.5) is 5.69 Å². The third kappa shape index (κ3) is 2.57. The van der Waals surface area contributed by atoms with Gasteiger partial charge in [-0.3, -0.25) is 10.1 Å². The smallest absolute Gasteiger partial charge is 0.344 e. The fourth-order valence-corrected chi connectivity index (χ4v) is 3.43. The van der Waals surface area contributed by atoms with Crippen LogP contribution in [-0.2, 0) is 0 Å².